The van der Waals surface area contributed by atoms with Crippen LogP contribution in [0, 0.1) is 0 Å². The van der Waals surface area contributed by atoms with Gasteiger partial charge in [0.05, 0.1) is 11.9 Å². The van der Waals surface area contributed by atoms with E-state index in [-0.39, 0.29) is 24.7 Å². The second-order valence-corrected chi connectivity index (χ2v) is 4.55. The van der Waals surface area contributed by atoms with Crippen molar-refractivity contribution in [2.45, 2.75) is 6.54 Å². The van der Waals surface area contributed by atoms with Crippen LogP contribution in [-0.4, -0.2) is 41.6 Å². The molecule has 1 rings (SSSR count). The van der Waals surface area contributed by atoms with Gasteiger partial charge < -0.3 is 5.32 Å². The van der Waals surface area contributed by atoms with E-state index < -0.39 is 10.0 Å². The molecule has 8 nitrogen and oxygen atoms in total. The molecule has 0 bridgehead atoms. The maximum atomic E-state index is 11.2. The predicted octanol–water partition coefficient (Wildman–Crippen LogP) is -2.32. The third-order valence-corrected chi connectivity index (χ3v) is 2.26. The SMILES string of the molecule is NS(=O)(=O)CCNC(=O)Cn1ccnn1. The van der Waals surface area contributed by atoms with Crippen molar-refractivity contribution in [2.24, 2.45) is 5.14 Å². The molecule has 0 aromatic carbocycles. The molecule has 0 aliphatic heterocycles. The fourth-order valence-electron chi connectivity index (χ4n) is 0.853. The van der Waals surface area contributed by atoms with E-state index in [9.17, 15) is 13.2 Å². The molecule has 15 heavy (non-hydrogen) atoms. The standard InChI is InChI=1S/C6H11N5O3S/c7-15(13,14)4-2-8-6(12)5-11-3-1-9-10-11/h1,3H,2,4-5H2,(H,8,12)(H2,7,13,14). The van der Waals surface area contributed by atoms with Crippen molar-refractivity contribution in [3.8, 4) is 0 Å². The van der Waals surface area contributed by atoms with E-state index in [0.29, 0.717) is 0 Å². The quantitative estimate of drug-likeness (QED) is 0.591. The number of hydrogen-bond acceptors (Lipinski definition) is 5. The molecule has 0 aliphatic rings. The molecule has 1 aromatic rings. The Labute approximate surface area is 86.5 Å². The van der Waals surface area contributed by atoms with E-state index in [2.05, 4.69) is 15.6 Å². The summed E-state index contributed by atoms with van der Waals surface area (Å²) in [5.41, 5.74) is 0. The first-order chi connectivity index (χ1) is 6.97. The number of carbonyl (C=O) groups excluding carboxylic acids is 1. The average molecular weight is 233 g/mol. The number of amides is 1. The largest absolute Gasteiger partial charge is 0.353 e. The molecule has 1 amide bonds. The van der Waals surface area contributed by atoms with Gasteiger partial charge in [0, 0.05) is 12.7 Å². The molecule has 84 valence electrons. The zero-order valence-corrected chi connectivity index (χ0v) is 8.64. The fourth-order valence-corrected chi connectivity index (χ4v) is 1.24. The third-order valence-electron chi connectivity index (χ3n) is 1.49. The molecule has 0 saturated heterocycles. The molecule has 1 aromatic heterocycles. The average Bonchev–Trinajstić information content (AvgIpc) is 2.54. The van der Waals surface area contributed by atoms with Crippen LogP contribution in [0.3, 0.4) is 0 Å². The van der Waals surface area contributed by atoms with Crippen LogP contribution in [0.2, 0.25) is 0 Å². The van der Waals surface area contributed by atoms with Crippen LogP contribution in [0.4, 0.5) is 0 Å². The molecule has 0 saturated carbocycles. The van der Waals surface area contributed by atoms with E-state index in [1.807, 2.05) is 0 Å². The summed E-state index contributed by atoms with van der Waals surface area (Å²) in [5, 5.41) is 14.2. The Morgan fingerprint density at radius 3 is 2.80 bits per heavy atom. The smallest absolute Gasteiger partial charge is 0.241 e. The fraction of sp³-hybridized carbons (Fsp3) is 0.500. The van der Waals surface area contributed by atoms with Crippen LogP contribution in [-0.2, 0) is 21.4 Å². The second-order valence-electron chi connectivity index (χ2n) is 2.82. The van der Waals surface area contributed by atoms with E-state index in [1.165, 1.54) is 17.1 Å². The molecule has 0 spiro atoms. The molecule has 0 unspecified atom stereocenters. The molecular weight excluding hydrogens is 222 g/mol. The van der Waals surface area contributed by atoms with Gasteiger partial charge in [0.15, 0.2) is 0 Å². The van der Waals surface area contributed by atoms with Gasteiger partial charge in [-0.1, -0.05) is 5.21 Å². The predicted molar refractivity (Wildman–Crippen MR) is 51.0 cm³/mol. The van der Waals surface area contributed by atoms with Crippen molar-refractivity contribution in [1.82, 2.24) is 20.3 Å². The molecule has 0 radical (unpaired) electrons. The van der Waals surface area contributed by atoms with E-state index in [0.717, 1.165) is 0 Å². The van der Waals surface area contributed by atoms with Crippen LogP contribution in [0.1, 0.15) is 0 Å². The summed E-state index contributed by atoms with van der Waals surface area (Å²) >= 11 is 0. The number of nitrogens with zero attached hydrogens (tertiary/aromatic N) is 3. The Bertz CT molecular complexity index is 412. The summed E-state index contributed by atoms with van der Waals surface area (Å²) in [6, 6.07) is 0. The Morgan fingerprint density at radius 2 is 2.27 bits per heavy atom. The van der Waals surface area contributed by atoms with Crippen molar-refractivity contribution in [2.75, 3.05) is 12.3 Å². The topological polar surface area (TPSA) is 120 Å². The summed E-state index contributed by atoms with van der Waals surface area (Å²) in [5.74, 6) is -0.625. The number of aromatic nitrogens is 3. The van der Waals surface area contributed by atoms with Crippen molar-refractivity contribution >= 4 is 15.9 Å². The second kappa shape index (κ2) is 4.84. The van der Waals surface area contributed by atoms with Crippen LogP contribution >= 0.6 is 0 Å². The van der Waals surface area contributed by atoms with Crippen molar-refractivity contribution in [1.29, 1.82) is 0 Å². The highest BCUT2D eigenvalue weighted by Crippen LogP contribution is 1.81. The van der Waals surface area contributed by atoms with Gasteiger partial charge in [-0.15, -0.1) is 5.10 Å². The van der Waals surface area contributed by atoms with E-state index in [4.69, 9.17) is 5.14 Å². The molecule has 3 N–H and O–H groups in total. The first-order valence-corrected chi connectivity index (χ1v) is 5.80. The Balaban J connectivity index is 2.26. The van der Waals surface area contributed by atoms with Crippen LogP contribution in [0.25, 0.3) is 0 Å². The van der Waals surface area contributed by atoms with Crippen LogP contribution in [0.5, 0.6) is 0 Å². The first kappa shape index (κ1) is 11.6. The molecule has 0 atom stereocenters. The number of sulfonamides is 1. The highest BCUT2D eigenvalue weighted by Gasteiger charge is 2.05. The molecular formula is C6H11N5O3S. The van der Waals surface area contributed by atoms with Gasteiger partial charge >= 0.3 is 0 Å². The Hall–Kier alpha value is -1.48. The summed E-state index contributed by atoms with van der Waals surface area (Å²) in [7, 11) is -3.53. The van der Waals surface area contributed by atoms with Crippen LogP contribution in [0.15, 0.2) is 12.4 Å². The lowest BCUT2D eigenvalue weighted by atomic mass is 10.5. The summed E-state index contributed by atoms with van der Waals surface area (Å²) in [6.45, 7) is -0.00299. The third kappa shape index (κ3) is 5.08. The minimum atomic E-state index is -3.53. The molecule has 1 heterocycles. The molecule has 0 aliphatic carbocycles. The number of primary sulfonamides is 1. The van der Waals surface area contributed by atoms with Gasteiger partial charge in [0.25, 0.3) is 0 Å². The Kier molecular flexibility index (Phi) is 3.74. The lowest BCUT2D eigenvalue weighted by Gasteiger charge is -2.03. The normalized spacial score (nSPS) is 11.3. The molecule has 0 fully saturated rings. The number of hydrogen-bond donors (Lipinski definition) is 2. The zero-order chi connectivity index (χ0) is 11.3. The number of nitrogens with one attached hydrogen (secondary N) is 1. The maximum absolute atomic E-state index is 11.2. The minimum absolute atomic E-state index is 0.00458. The highest BCUT2D eigenvalue weighted by atomic mass is 32.2. The van der Waals surface area contributed by atoms with Gasteiger partial charge in [-0.2, -0.15) is 0 Å². The van der Waals surface area contributed by atoms with E-state index >= 15 is 0 Å². The van der Waals surface area contributed by atoms with Crippen LogP contribution < -0.4 is 10.5 Å². The zero-order valence-electron chi connectivity index (χ0n) is 7.83. The monoisotopic (exact) mass is 233 g/mol. The van der Waals surface area contributed by atoms with Gasteiger partial charge in [-0.05, 0) is 0 Å². The maximum Gasteiger partial charge on any atom is 0.241 e. The van der Waals surface area contributed by atoms with Crippen molar-refractivity contribution < 1.29 is 13.2 Å². The van der Waals surface area contributed by atoms with Gasteiger partial charge in [0.1, 0.15) is 6.54 Å². The van der Waals surface area contributed by atoms with Gasteiger partial charge in [-0.3, -0.25) is 4.79 Å². The lowest BCUT2D eigenvalue weighted by Crippen LogP contribution is -2.33. The summed E-state index contributed by atoms with van der Waals surface area (Å²) in [6.07, 6.45) is 2.97. The number of rotatable bonds is 5. The van der Waals surface area contributed by atoms with Gasteiger partial charge in [-0.25, -0.2) is 18.2 Å². The first-order valence-electron chi connectivity index (χ1n) is 4.08. The lowest BCUT2D eigenvalue weighted by molar-refractivity contribution is -0.121. The number of carbonyl (C=O) groups is 1. The Morgan fingerprint density at radius 1 is 1.53 bits per heavy atom. The van der Waals surface area contributed by atoms with Gasteiger partial charge in [0.2, 0.25) is 15.9 Å². The van der Waals surface area contributed by atoms with Crippen molar-refractivity contribution in [3.05, 3.63) is 12.4 Å². The summed E-state index contributed by atoms with van der Waals surface area (Å²) < 4.78 is 22.4. The number of nitrogens with two attached hydrogens (primary N) is 1. The minimum Gasteiger partial charge on any atom is -0.353 e. The van der Waals surface area contributed by atoms with Crippen molar-refractivity contribution in [3.63, 3.8) is 0 Å². The van der Waals surface area contributed by atoms with E-state index in [1.54, 1.807) is 0 Å². The highest BCUT2D eigenvalue weighted by molar-refractivity contribution is 7.89. The summed E-state index contributed by atoms with van der Waals surface area (Å²) in [4.78, 5) is 11.2. The molecule has 9 heteroatoms.